The van der Waals surface area contributed by atoms with Crippen molar-refractivity contribution >= 4 is 27.5 Å². The fraction of sp³-hybridized carbons (Fsp3) is 0.421. The highest BCUT2D eigenvalue weighted by atomic mass is 32.1. The van der Waals surface area contributed by atoms with Crippen LogP contribution in [0, 0.1) is 0 Å². The molecule has 150 valence electrons. The van der Waals surface area contributed by atoms with Crippen LogP contribution in [-0.2, 0) is 11.3 Å². The second kappa shape index (κ2) is 8.57. The molecule has 3 rings (SSSR count). The minimum atomic E-state index is -0.346. The van der Waals surface area contributed by atoms with Crippen LogP contribution >= 0.6 is 11.3 Å². The number of methoxy groups -OCH3 is 3. The van der Waals surface area contributed by atoms with E-state index in [1.165, 1.54) is 11.3 Å². The smallest absolute Gasteiger partial charge is 0.297 e. The number of rotatable bonds is 7. The molecule has 0 radical (unpaired) electrons. The molecule has 0 saturated heterocycles. The van der Waals surface area contributed by atoms with Gasteiger partial charge in [-0.3, -0.25) is 9.48 Å². The summed E-state index contributed by atoms with van der Waals surface area (Å²) < 4.78 is 20.7. The summed E-state index contributed by atoms with van der Waals surface area (Å²) in [6.07, 6.45) is 1.61. The van der Waals surface area contributed by atoms with Crippen LogP contribution in [0.5, 0.6) is 11.5 Å². The van der Waals surface area contributed by atoms with Crippen molar-refractivity contribution in [3.8, 4) is 11.5 Å². The molecule has 8 nitrogen and oxygen atoms in total. The lowest BCUT2D eigenvalue weighted by atomic mass is 10.3. The van der Waals surface area contributed by atoms with Gasteiger partial charge in [0.2, 0.25) is 0 Å². The lowest BCUT2D eigenvalue weighted by Crippen LogP contribution is -2.21. The third-order valence-electron chi connectivity index (χ3n) is 4.29. The molecular formula is C19H24N4O4S. The standard InChI is InChI=1S/C19H24N4O4S/c1-12(2)23-13(8-9-20-23)18(24)21-19-22(10-11-25-3)16-14(26-4)6-7-15(27-5)17(16)28-19/h6-9,12H,10-11H2,1-5H3. The molecule has 0 aliphatic carbocycles. The highest BCUT2D eigenvalue weighted by Crippen LogP contribution is 2.35. The van der Waals surface area contributed by atoms with Gasteiger partial charge in [0.15, 0.2) is 4.80 Å². The second-order valence-corrected chi connectivity index (χ2v) is 7.33. The first-order valence-corrected chi connectivity index (χ1v) is 9.69. The molecule has 0 aliphatic heterocycles. The van der Waals surface area contributed by atoms with E-state index in [1.807, 2.05) is 30.5 Å². The molecule has 0 spiro atoms. The number of nitrogens with zero attached hydrogens (tertiary/aromatic N) is 4. The van der Waals surface area contributed by atoms with E-state index >= 15 is 0 Å². The van der Waals surface area contributed by atoms with E-state index in [1.54, 1.807) is 38.3 Å². The van der Waals surface area contributed by atoms with Crippen LogP contribution in [0.15, 0.2) is 29.4 Å². The van der Waals surface area contributed by atoms with Crippen molar-refractivity contribution in [2.75, 3.05) is 27.9 Å². The zero-order valence-corrected chi connectivity index (χ0v) is 17.4. The molecular weight excluding hydrogens is 380 g/mol. The summed E-state index contributed by atoms with van der Waals surface area (Å²) in [5, 5.41) is 4.22. The number of ether oxygens (including phenoxy) is 3. The third kappa shape index (κ3) is 3.67. The maximum absolute atomic E-state index is 12.9. The molecule has 0 N–H and O–H groups in total. The number of carbonyl (C=O) groups excluding carboxylic acids is 1. The topological polar surface area (TPSA) is 79.9 Å². The molecule has 0 aliphatic rings. The first-order chi connectivity index (χ1) is 13.5. The van der Waals surface area contributed by atoms with Crippen molar-refractivity contribution in [1.82, 2.24) is 14.3 Å². The highest BCUT2D eigenvalue weighted by Gasteiger charge is 2.18. The van der Waals surface area contributed by atoms with Crippen LogP contribution in [0.2, 0.25) is 0 Å². The van der Waals surface area contributed by atoms with Gasteiger partial charge in [-0.2, -0.15) is 10.1 Å². The minimum Gasteiger partial charge on any atom is -0.495 e. The predicted molar refractivity (Wildman–Crippen MR) is 107 cm³/mol. The normalized spacial score (nSPS) is 12.1. The monoisotopic (exact) mass is 404 g/mol. The Morgan fingerprint density at radius 2 is 1.89 bits per heavy atom. The van der Waals surface area contributed by atoms with Crippen LogP contribution < -0.4 is 14.3 Å². The highest BCUT2D eigenvalue weighted by molar-refractivity contribution is 7.16. The van der Waals surface area contributed by atoms with E-state index in [-0.39, 0.29) is 11.9 Å². The molecule has 28 heavy (non-hydrogen) atoms. The van der Waals surface area contributed by atoms with Crippen molar-refractivity contribution in [3.63, 3.8) is 0 Å². The van der Waals surface area contributed by atoms with Crippen LogP contribution in [-0.4, -0.2) is 48.2 Å². The average molecular weight is 404 g/mol. The van der Waals surface area contributed by atoms with Gasteiger partial charge < -0.3 is 18.8 Å². The Labute approximate surface area is 167 Å². The van der Waals surface area contributed by atoms with Gasteiger partial charge in [-0.1, -0.05) is 11.3 Å². The molecule has 0 fully saturated rings. The number of fused-ring (bicyclic) bond motifs is 1. The van der Waals surface area contributed by atoms with Gasteiger partial charge in [0, 0.05) is 25.9 Å². The molecule has 0 unspecified atom stereocenters. The number of thiazole rings is 1. The Hall–Kier alpha value is -2.65. The Kier molecular flexibility index (Phi) is 6.15. The van der Waals surface area contributed by atoms with Crippen LogP contribution in [0.3, 0.4) is 0 Å². The molecule has 2 heterocycles. The molecule has 3 aromatic rings. The Morgan fingerprint density at radius 3 is 2.54 bits per heavy atom. The Bertz CT molecular complexity index is 1050. The van der Waals surface area contributed by atoms with E-state index in [4.69, 9.17) is 14.2 Å². The maximum atomic E-state index is 12.9. The number of carbonyl (C=O) groups is 1. The summed E-state index contributed by atoms with van der Waals surface area (Å²) in [6, 6.07) is 5.43. The first kappa shape index (κ1) is 20.1. The van der Waals surface area contributed by atoms with E-state index in [2.05, 4.69) is 10.1 Å². The van der Waals surface area contributed by atoms with E-state index in [0.29, 0.717) is 35.1 Å². The van der Waals surface area contributed by atoms with E-state index < -0.39 is 0 Å². The molecule has 1 amide bonds. The number of hydrogen-bond acceptors (Lipinski definition) is 6. The zero-order chi connectivity index (χ0) is 20.3. The summed E-state index contributed by atoms with van der Waals surface area (Å²) in [5.74, 6) is 1.04. The van der Waals surface area contributed by atoms with Crippen molar-refractivity contribution in [2.45, 2.75) is 26.4 Å². The van der Waals surface area contributed by atoms with Crippen molar-refractivity contribution < 1.29 is 19.0 Å². The molecule has 0 saturated carbocycles. The van der Waals surface area contributed by atoms with Gasteiger partial charge in [0.05, 0.1) is 20.8 Å². The lowest BCUT2D eigenvalue weighted by molar-refractivity contribution is 0.0985. The van der Waals surface area contributed by atoms with Gasteiger partial charge in [-0.15, -0.1) is 0 Å². The van der Waals surface area contributed by atoms with Crippen molar-refractivity contribution in [2.24, 2.45) is 4.99 Å². The van der Waals surface area contributed by atoms with Gasteiger partial charge in [-0.25, -0.2) is 0 Å². The van der Waals surface area contributed by atoms with Crippen LogP contribution in [0.1, 0.15) is 30.4 Å². The van der Waals surface area contributed by atoms with Crippen LogP contribution in [0.4, 0.5) is 0 Å². The number of amides is 1. The largest absolute Gasteiger partial charge is 0.495 e. The summed E-state index contributed by atoms with van der Waals surface area (Å²) >= 11 is 1.38. The molecule has 0 atom stereocenters. The van der Waals surface area contributed by atoms with E-state index in [0.717, 1.165) is 10.2 Å². The average Bonchev–Trinajstić information content (AvgIpc) is 3.31. The lowest BCUT2D eigenvalue weighted by Gasteiger charge is -2.10. The Balaban J connectivity index is 2.22. The van der Waals surface area contributed by atoms with E-state index in [9.17, 15) is 4.79 Å². The minimum absolute atomic E-state index is 0.0624. The summed E-state index contributed by atoms with van der Waals surface area (Å²) in [6.45, 7) is 4.93. The first-order valence-electron chi connectivity index (χ1n) is 8.87. The van der Waals surface area contributed by atoms with Crippen molar-refractivity contribution in [1.29, 1.82) is 0 Å². The quantitative estimate of drug-likeness (QED) is 0.605. The number of aromatic nitrogens is 3. The van der Waals surface area contributed by atoms with Crippen molar-refractivity contribution in [3.05, 3.63) is 34.9 Å². The summed E-state index contributed by atoms with van der Waals surface area (Å²) in [7, 11) is 4.86. The Morgan fingerprint density at radius 1 is 1.18 bits per heavy atom. The van der Waals surface area contributed by atoms with Gasteiger partial charge in [0.25, 0.3) is 5.91 Å². The molecule has 9 heteroatoms. The van der Waals surface area contributed by atoms with Crippen LogP contribution in [0.25, 0.3) is 10.2 Å². The molecule has 2 aromatic heterocycles. The van der Waals surface area contributed by atoms with Gasteiger partial charge >= 0.3 is 0 Å². The second-order valence-electron chi connectivity index (χ2n) is 6.35. The SMILES string of the molecule is COCCn1c(=NC(=O)c2ccnn2C(C)C)sc2c(OC)ccc(OC)c21. The maximum Gasteiger partial charge on any atom is 0.297 e. The third-order valence-corrected chi connectivity index (χ3v) is 5.38. The fourth-order valence-corrected chi connectivity index (χ4v) is 4.13. The molecule has 0 bridgehead atoms. The summed E-state index contributed by atoms with van der Waals surface area (Å²) in [5.41, 5.74) is 1.28. The number of hydrogen-bond donors (Lipinski definition) is 0. The van der Waals surface area contributed by atoms with Gasteiger partial charge in [0.1, 0.15) is 27.4 Å². The molecule has 1 aromatic carbocycles. The zero-order valence-electron chi connectivity index (χ0n) is 16.6. The van der Waals surface area contributed by atoms with Gasteiger partial charge in [-0.05, 0) is 32.0 Å². The predicted octanol–water partition coefficient (Wildman–Crippen LogP) is 2.88. The summed E-state index contributed by atoms with van der Waals surface area (Å²) in [4.78, 5) is 17.8. The number of benzene rings is 1. The fourth-order valence-electron chi connectivity index (χ4n) is 2.97.